The van der Waals surface area contributed by atoms with Crippen molar-refractivity contribution in [3.63, 3.8) is 0 Å². The van der Waals surface area contributed by atoms with Crippen LogP contribution in [-0.4, -0.2) is 38.1 Å². The van der Waals surface area contributed by atoms with Gasteiger partial charge in [-0.3, -0.25) is 20.2 Å². The molecule has 0 amide bonds. The van der Waals surface area contributed by atoms with Crippen molar-refractivity contribution in [1.29, 1.82) is 0 Å². The lowest BCUT2D eigenvalue weighted by atomic mass is 10.1. The predicted molar refractivity (Wildman–Crippen MR) is 472 cm³/mol. The zero-order valence-electron chi connectivity index (χ0n) is 62.7. The van der Waals surface area contributed by atoms with Crippen LogP contribution in [0.5, 0.6) is 5.75 Å². The molecule has 0 saturated heterocycles. The molecular weight excluding hydrogens is 1390 g/mol. The van der Waals surface area contributed by atoms with E-state index in [2.05, 4.69) is 348 Å². The molecule has 13 heteroatoms. The Balaban J connectivity index is 0.000000128. The second-order valence-corrected chi connectivity index (χ2v) is 27.7. The first kappa shape index (κ1) is 72.1. The van der Waals surface area contributed by atoms with Crippen LogP contribution >= 0.6 is 0 Å². The molecule has 0 heterocycles. The maximum atomic E-state index is 11.2. The second kappa shape index (κ2) is 32.4. The first-order valence-electron chi connectivity index (χ1n) is 37.3. The molecule has 0 radical (unpaired) electrons. The van der Waals surface area contributed by atoms with Crippen molar-refractivity contribution in [1.82, 2.24) is 0 Å². The highest BCUT2D eigenvalue weighted by Crippen LogP contribution is 2.44. The van der Waals surface area contributed by atoms with Gasteiger partial charge in [0.15, 0.2) is 0 Å². The highest BCUT2D eigenvalue weighted by atomic mass is 16.6. The Labute approximate surface area is 656 Å². The Bertz CT molecular complexity index is 6240. The van der Waals surface area contributed by atoms with Gasteiger partial charge in [-0.2, -0.15) is 0 Å². The number of benzene rings is 18. The predicted octanol–water partition coefficient (Wildman–Crippen LogP) is 27.5. The highest BCUT2D eigenvalue weighted by molar-refractivity contribution is 5.97. The van der Waals surface area contributed by atoms with E-state index in [-0.39, 0.29) is 21.2 Å². The van der Waals surface area contributed by atoms with Crippen LogP contribution in [0.15, 0.2) is 400 Å². The molecule has 0 bridgehead atoms. The quantitative estimate of drug-likeness (QED) is 0.0604. The van der Waals surface area contributed by atoms with E-state index in [0.717, 1.165) is 91.1 Å². The van der Waals surface area contributed by atoms with Crippen molar-refractivity contribution >= 4 is 161 Å². The van der Waals surface area contributed by atoms with Crippen LogP contribution in [0.3, 0.4) is 0 Å². The summed E-state index contributed by atoms with van der Waals surface area (Å²) in [4.78, 5) is 34.5. The van der Waals surface area contributed by atoms with Crippen molar-refractivity contribution in [2.45, 2.75) is 0 Å². The lowest BCUT2D eigenvalue weighted by Crippen LogP contribution is -2.12. The van der Waals surface area contributed by atoms with Crippen LogP contribution in [0.25, 0.3) is 64.6 Å². The number of ether oxygens (including phenoxy) is 1. The van der Waals surface area contributed by atoms with E-state index < -0.39 is 0 Å². The lowest BCUT2D eigenvalue weighted by molar-refractivity contribution is -0.385. The minimum absolute atomic E-state index is 0.0738. The van der Waals surface area contributed by atoms with Gasteiger partial charge in [-0.15, -0.1) is 0 Å². The monoisotopic (exact) mass is 1470 g/mol. The molecule has 0 aliphatic rings. The highest BCUT2D eigenvalue weighted by Gasteiger charge is 2.21. The Kier molecular flexibility index (Phi) is 20.7. The molecule has 548 valence electrons. The number of nitro benzene ring substituents is 2. The Hall–Kier alpha value is -15.1. The van der Waals surface area contributed by atoms with Crippen LogP contribution in [0, 0.1) is 20.2 Å². The van der Waals surface area contributed by atoms with Crippen LogP contribution < -0.4 is 34.1 Å². The molecule has 0 aliphatic carbocycles. The number of nitro groups is 2. The summed E-state index contributed by atoms with van der Waals surface area (Å²) in [6.07, 6.45) is 0. The number of anilines is 15. The molecule has 0 fully saturated rings. The van der Waals surface area contributed by atoms with Crippen molar-refractivity contribution in [2.24, 2.45) is 0 Å². The summed E-state index contributed by atoms with van der Waals surface area (Å²) in [7, 11) is 7.65. The van der Waals surface area contributed by atoms with E-state index in [9.17, 15) is 20.2 Å². The maximum Gasteiger partial charge on any atom is 0.271 e. The van der Waals surface area contributed by atoms with E-state index in [4.69, 9.17) is 4.74 Å². The zero-order valence-corrected chi connectivity index (χ0v) is 62.7. The van der Waals surface area contributed by atoms with E-state index in [1.165, 1.54) is 82.8 Å². The van der Waals surface area contributed by atoms with Gasteiger partial charge in [0.2, 0.25) is 0 Å². The molecule has 0 N–H and O–H groups in total. The molecule has 0 saturated carbocycles. The molecule has 0 unspecified atom stereocenters. The fraction of sp³-hybridized carbons (Fsp3) is 0.0400. The number of hydrogen-bond donors (Lipinski definition) is 0. The second-order valence-electron chi connectivity index (χ2n) is 27.7. The molecule has 0 spiro atoms. The number of methoxy groups -OCH3 is 1. The minimum Gasteiger partial charge on any atom is -0.497 e. The number of fused-ring (bicyclic) bond motifs is 6. The van der Waals surface area contributed by atoms with Gasteiger partial charge in [0.25, 0.3) is 11.4 Å². The Morgan fingerprint density at radius 3 is 0.690 bits per heavy atom. The standard InChI is InChI=1S/C34H28N2O.2C33H25N3O2/c1-35(31-12-7-13-34(24-31)37-2)29-18-20-30(21-19-29)36(32-16-14-25-8-3-5-10-27(25)22-32)33-17-15-26-9-4-6-11-28(26)23-33;1-34(30-11-6-12-33(23-30)36(37)38)28-17-19-29(20-18-28)35(31-15-13-24-7-2-4-9-26(24)21-31)32-16-14-25-8-3-5-10-27(25)22-32;1-34(29-16-20-31(21-17-29)36(37)38)28-14-18-30(19-15-28)35(32-12-10-24-6-2-4-8-26(24)22-32)33-13-11-25-7-3-5-9-27(25)23-33/h3-24H,1-2H3;2*2-23H,1H3. The van der Waals surface area contributed by atoms with Crippen molar-refractivity contribution in [3.8, 4) is 5.75 Å². The number of non-ortho nitro benzene ring substituents is 2. The molecule has 0 atom stereocenters. The lowest BCUT2D eigenvalue weighted by Gasteiger charge is -2.27. The van der Waals surface area contributed by atoms with Gasteiger partial charge in [0.1, 0.15) is 5.75 Å². The zero-order chi connectivity index (χ0) is 77.3. The fourth-order valence-corrected chi connectivity index (χ4v) is 14.6. The van der Waals surface area contributed by atoms with E-state index >= 15 is 0 Å². The number of hydrogen-bond acceptors (Lipinski definition) is 11. The Morgan fingerprint density at radius 2 is 0.425 bits per heavy atom. The Morgan fingerprint density at radius 1 is 0.204 bits per heavy atom. The minimum atomic E-state index is -0.382. The normalized spacial score (nSPS) is 11.0. The molecule has 113 heavy (non-hydrogen) atoms. The van der Waals surface area contributed by atoms with E-state index in [0.29, 0.717) is 0 Å². The first-order valence-corrected chi connectivity index (χ1v) is 37.3. The average Bonchev–Trinajstić information content (AvgIpc) is 0.787. The summed E-state index contributed by atoms with van der Waals surface area (Å²) < 4.78 is 5.42. The molecule has 0 aliphatic heterocycles. The SMILES string of the molecule is CN(c1ccc(N(c2ccc3ccccc3c2)c2ccc3ccccc3c2)cc1)c1ccc([N+](=O)[O-])cc1.CN(c1ccc(N(c2ccc3ccccc3c2)c2ccc3ccccc3c2)cc1)c1cccc([N+](=O)[O-])c1.COc1cccc(N(C)c2ccc(N(c3ccc4ccccc4c3)c3ccc4ccccc4c3)cc2)c1. The van der Waals surface area contributed by atoms with Crippen molar-refractivity contribution in [3.05, 3.63) is 421 Å². The van der Waals surface area contributed by atoms with E-state index in [1.807, 2.05) is 60.3 Å². The third kappa shape index (κ3) is 15.8. The fourth-order valence-electron chi connectivity index (χ4n) is 14.6. The van der Waals surface area contributed by atoms with Gasteiger partial charge in [0.05, 0.1) is 17.0 Å². The van der Waals surface area contributed by atoms with Gasteiger partial charge in [-0.25, -0.2) is 0 Å². The number of rotatable bonds is 18. The largest absolute Gasteiger partial charge is 0.497 e. The molecule has 18 rings (SSSR count). The van der Waals surface area contributed by atoms with Crippen molar-refractivity contribution in [2.75, 3.05) is 57.7 Å². The van der Waals surface area contributed by atoms with Crippen LogP contribution in [0.4, 0.5) is 96.7 Å². The first-order chi connectivity index (χ1) is 55.3. The van der Waals surface area contributed by atoms with Crippen LogP contribution in [-0.2, 0) is 0 Å². The third-order valence-electron chi connectivity index (χ3n) is 20.7. The van der Waals surface area contributed by atoms with Crippen LogP contribution in [0.1, 0.15) is 0 Å². The molecule has 18 aromatic rings. The molecule has 18 aromatic carbocycles. The molecule has 13 nitrogen and oxygen atoms in total. The molecular formula is C100H78N8O5. The van der Waals surface area contributed by atoms with Crippen molar-refractivity contribution < 1.29 is 14.6 Å². The smallest absolute Gasteiger partial charge is 0.271 e. The van der Waals surface area contributed by atoms with E-state index in [1.54, 1.807) is 31.4 Å². The summed E-state index contributed by atoms with van der Waals surface area (Å²) in [5.74, 6) is 0.847. The third-order valence-corrected chi connectivity index (χ3v) is 20.7. The topological polar surface area (TPSA) is 115 Å². The van der Waals surface area contributed by atoms with Gasteiger partial charge < -0.3 is 34.1 Å². The van der Waals surface area contributed by atoms with Crippen LogP contribution in [0.2, 0.25) is 0 Å². The summed E-state index contributed by atoms with van der Waals surface area (Å²) in [5, 5.41) is 36.7. The van der Waals surface area contributed by atoms with Gasteiger partial charge in [-0.1, -0.05) is 194 Å². The summed E-state index contributed by atoms with van der Waals surface area (Å²) in [6, 6.07) is 137. The maximum absolute atomic E-state index is 11.2. The summed E-state index contributed by atoms with van der Waals surface area (Å²) >= 11 is 0. The van der Waals surface area contributed by atoms with Gasteiger partial charge >= 0.3 is 0 Å². The summed E-state index contributed by atoms with van der Waals surface area (Å²) in [6.45, 7) is 0. The summed E-state index contributed by atoms with van der Waals surface area (Å²) in [5.41, 5.74) is 15.6. The molecule has 0 aromatic heterocycles. The van der Waals surface area contributed by atoms with Gasteiger partial charge in [-0.05, 0) is 241 Å². The number of nitrogens with zero attached hydrogens (tertiary/aromatic N) is 8. The average molecular weight is 1470 g/mol. The van der Waals surface area contributed by atoms with Gasteiger partial charge in [0, 0.05) is 137 Å².